The molecule has 0 radical (unpaired) electrons. The molecule has 0 atom stereocenters. The normalized spacial score (nSPS) is 18.7. The van der Waals surface area contributed by atoms with Crippen molar-refractivity contribution in [1.82, 2.24) is 20.1 Å². The standard InChI is InChI=1S/C20H28N4O3/c1-15(25)23-10-12-24(13-11-23)20(27)18-14-16(8-9-21-18)19(26)22-17-6-4-2-3-5-7-17/h8-9,14,17H,2-7,10-13H2,1H3,(H,22,26). The molecule has 1 aliphatic carbocycles. The van der Waals surface area contributed by atoms with Gasteiger partial charge in [0.15, 0.2) is 0 Å². The van der Waals surface area contributed by atoms with Crippen LogP contribution >= 0.6 is 0 Å². The van der Waals surface area contributed by atoms with Crippen molar-refractivity contribution in [2.75, 3.05) is 26.2 Å². The van der Waals surface area contributed by atoms with Gasteiger partial charge in [-0.2, -0.15) is 0 Å². The first-order chi connectivity index (χ1) is 13.0. The van der Waals surface area contributed by atoms with Crippen LogP contribution in [-0.2, 0) is 4.79 Å². The van der Waals surface area contributed by atoms with Gasteiger partial charge in [0.2, 0.25) is 5.91 Å². The molecule has 2 aliphatic rings. The third kappa shape index (κ3) is 5.05. The molecule has 1 saturated heterocycles. The zero-order chi connectivity index (χ0) is 19.2. The zero-order valence-corrected chi connectivity index (χ0v) is 15.9. The van der Waals surface area contributed by atoms with Gasteiger partial charge in [-0.05, 0) is 25.0 Å². The van der Waals surface area contributed by atoms with Gasteiger partial charge in [0.1, 0.15) is 5.69 Å². The molecule has 1 aromatic heterocycles. The summed E-state index contributed by atoms with van der Waals surface area (Å²) in [6.07, 6.45) is 8.32. The number of nitrogens with zero attached hydrogens (tertiary/aromatic N) is 3. The average molecular weight is 372 g/mol. The Bertz CT molecular complexity index is 690. The number of rotatable bonds is 3. The summed E-state index contributed by atoms with van der Waals surface area (Å²) in [5.74, 6) is -0.306. The molecule has 1 aliphatic heterocycles. The van der Waals surface area contributed by atoms with Crippen molar-refractivity contribution in [1.29, 1.82) is 0 Å². The van der Waals surface area contributed by atoms with Gasteiger partial charge in [0, 0.05) is 50.9 Å². The third-order valence-electron chi connectivity index (χ3n) is 5.44. The molecule has 2 heterocycles. The van der Waals surface area contributed by atoms with Crippen molar-refractivity contribution < 1.29 is 14.4 Å². The maximum atomic E-state index is 12.7. The van der Waals surface area contributed by atoms with E-state index in [1.54, 1.807) is 21.9 Å². The summed E-state index contributed by atoms with van der Waals surface area (Å²) in [5.41, 5.74) is 0.750. The molecule has 3 rings (SSSR count). The van der Waals surface area contributed by atoms with E-state index in [1.807, 2.05) is 0 Å². The average Bonchev–Trinajstić information content (AvgIpc) is 2.96. The van der Waals surface area contributed by atoms with Crippen LogP contribution in [0.25, 0.3) is 0 Å². The van der Waals surface area contributed by atoms with Crippen LogP contribution in [0.5, 0.6) is 0 Å². The first-order valence-electron chi connectivity index (χ1n) is 9.86. The minimum Gasteiger partial charge on any atom is -0.349 e. The van der Waals surface area contributed by atoms with Gasteiger partial charge in [-0.15, -0.1) is 0 Å². The lowest BCUT2D eigenvalue weighted by Crippen LogP contribution is -2.50. The Morgan fingerprint density at radius 1 is 1.00 bits per heavy atom. The van der Waals surface area contributed by atoms with E-state index in [1.165, 1.54) is 26.0 Å². The lowest BCUT2D eigenvalue weighted by atomic mass is 10.1. The molecule has 0 bridgehead atoms. The highest BCUT2D eigenvalue weighted by Crippen LogP contribution is 2.18. The van der Waals surface area contributed by atoms with Gasteiger partial charge in [0.05, 0.1) is 0 Å². The molecule has 0 spiro atoms. The number of piperazine rings is 1. The Balaban J connectivity index is 1.61. The minimum atomic E-state index is -0.192. The molecular weight excluding hydrogens is 344 g/mol. The Labute approximate surface area is 160 Å². The molecule has 146 valence electrons. The molecule has 27 heavy (non-hydrogen) atoms. The second kappa shape index (κ2) is 8.97. The number of carbonyl (C=O) groups excluding carboxylic acids is 3. The quantitative estimate of drug-likeness (QED) is 0.821. The van der Waals surface area contributed by atoms with E-state index in [-0.39, 0.29) is 29.5 Å². The third-order valence-corrected chi connectivity index (χ3v) is 5.44. The first-order valence-corrected chi connectivity index (χ1v) is 9.86. The van der Waals surface area contributed by atoms with Crippen molar-refractivity contribution in [2.24, 2.45) is 0 Å². The summed E-state index contributed by atoms with van der Waals surface area (Å²) in [6, 6.07) is 3.44. The van der Waals surface area contributed by atoms with E-state index in [2.05, 4.69) is 10.3 Å². The molecule has 0 unspecified atom stereocenters. The summed E-state index contributed by atoms with van der Waals surface area (Å²) in [6.45, 7) is 3.57. The van der Waals surface area contributed by atoms with Crippen LogP contribution in [0, 0.1) is 0 Å². The van der Waals surface area contributed by atoms with E-state index in [0.717, 1.165) is 25.7 Å². The van der Waals surface area contributed by atoms with Crippen LogP contribution in [0.3, 0.4) is 0 Å². The Kier molecular flexibility index (Phi) is 6.42. The Morgan fingerprint density at radius 3 is 2.26 bits per heavy atom. The van der Waals surface area contributed by atoms with Crippen molar-refractivity contribution in [3.05, 3.63) is 29.6 Å². The molecule has 7 nitrogen and oxygen atoms in total. The number of hydrogen-bond acceptors (Lipinski definition) is 4. The fourth-order valence-corrected chi connectivity index (χ4v) is 3.77. The van der Waals surface area contributed by atoms with Crippen molar-refractivity contribution in [3.8, 4) is 0 Å². The molecule has 1 aromatic rings. The molecule has 7 heteroatoms. The van der Waals surface area contributed by atoms with E-state index >= 15 is 0 Å². The van der Waals surface area contributed by atoms with E-state index in [4.69, 9.17) is 0 Å². The second-order valence-electron chi connectivity index (χ2n) is 7.39. The van der Waals surface area contributed by atoms with Gasteiger partial charge in [0.25, 0.3) is 11.8 Å². The number of amides is 3. The number of nitrogens with one attached hydrogen (secondary N) is 1. The predicted molar refractivity (Wildman–Crippen MR) is 101 cm³/mol. The van der Waals surface area contributed by atoms with Gasteiger partial charge in [-0.1, -0.05) is 25.7 Å². The van der Waals surface area contributed by atoms with Crippen LogP contribution in [0.2, 0.25) is 0 Å². The van der Waals surface area contributed by atoms with Gasteiger partial charge in [-0.25, -0.2) is 0 Å². The fraction of sp³-hybridized carbons (Fsp3) is 0.600. The maximum absolute atomic E-state index is 12.7. The Hall–Kier alpha value is -2.44. The smallest absolute Gasteiger partial charge is 0.272 e. The monoisotopic (exact) mass is 372 g/mol. The van der Waals surface area contributed by atoms with Crippen molar-refractivity contribution in [3.63, 3.8) is 0 Å². The molecular formula is C20H28N4O3. The van der Waals surface area contributed by atoms with Crippen molar-refractivity contribution >= 4 is 17.7 Å². The second-order valence-corrected chi connectivity index (χ2v) is 7.39. The highest BCUT2D eigenvalue weighted by Gasteiger charge is 2.25. The van der Waals surface area contributed by atoms with Crippen molar-refractivity contribution in [2.45, 2.75) is 51.5 Å². The van der Waals surface area contributed by atoms with E-state index in [9.17, 15) is 14.4 Å². The van der Waals surface area contributed by atoms with Gasteiger partial charge in [-0.3, -0.25) is 19.4 Å². The Morgan fingerprint density at radius 2 is 1.63 bits per heavy atom. The lowest BCUT2D eigenvalue weighted by molar-refractivity contribution is -0.130. The molecule has 1 saturated carbocycles. The van der Waals surface area contributed by atoms with E-state index < -0.39 is 0 Å². The number of hydrogen-bond donors (Lipinski definition) is 1. The highest BCUT2D eigenvalue weighted by atomic mass is 16.2. The van der Waals surface area contributed by atoms with Crippen LogP contribution in [-0.4, -0.2) is 64.7 Å². The SMILES string of the molecule is CC(=O)N1CCN(C(=O)c2cc(C(=O)NC3CCCCCC3)ccn2)CC1. The summed E-state index contributed by atoms with van der Waals surface area (Å²) in [4.78, 5) is 44.3. The van der Waals surface area contributed by atoms with Crippen LogP contribution in [0.15, 0.2) is 18.3 Å². The van der Waals surface area contributed by atoms with Crippen LogP contribution in [0.1, 0.15) is 66.3 Å². The predicted octanol–water partition coefficient (Wildman–Crippen LogP) is 1.84. The lowest BCUT2D eigenvalue weighted by Gasteiger charge is -2.34. The van der Waals surface area contributed by atoms with Crippen LogP contribution in [0.4, 0.5) is 0 Å². The number of aromatic nitrogens is 1. The molecule has 0 aromatic carbocycles. The summed E-state index contributed by atoms with van der Waals surface area (Å²) >= 11 is 0. The van der Waals surface area contributed by atoms with E-state index in [0.29, 0.717) is 31.7 Å². The zero-order valence-electron chi connectivity index (χ0n) is 15.9. The maximum Gasteiger partial charge on any atom is 0.272 e. The number of pyridine rings is 1. The fourth-order valence-electron chi connectivity index (χ4n) is 3.77. The minimum absolute atomic E-state index is 0.0254. The molecule has 3 amide bonds. The largest absolute Gasteiger partial charge is 0.349 e. The molecule has 1 N–H and O–H groups in total. The highest BCUT2D eigenvalue weighted by molar-refractivity contribution is 5.98. The first kappa shape index (κ1) is 19.3. The molecule has 2 fully saturated rings. The van der Waals surface area contributed by atoms with Crippen LogP contribution < -0.4 is 5.32 Å². The van der Waals surface area contributed by atoms with Gasteiger partial charge >= 0.3 is 0 Å². The van der Waals surface area contributed by atoms with Gasteiger partial charge < -0.3 is 15.1 Å². The summed E-state index contributed by atoms with van der Waals surface area (Å²) < 4.78 is 0. The summed E-state index contributed by atoms with van der Waals surface area (Å²) in [7, 11) is 0. The summed E-state index contributed by atoms with van der Waals surface area (Å²) in [5, 5.41) is 3.10. The number of carbonyl (C=O) groups is 3. The topological polar surface area (TPSA) is 82.6 Å².